The van der Waals surface area contributed by atoms with Gasteiger partial charge in [0.05, 0.1) is 11.3 Å². The summed E-state index contributed by atoms with van der Waals surface area (Å²) in [5.41, 5.74) is 3.04. The number of nitrogens with zero attached hydrogens (tertiary/aromatic N) is 4. The fraction of sp³-hybridized carbons (Fsp3) is 0.105. The first-order valence-corrected chi connectivity index (χ1v) is 9.31. The molecule has 140 valence electrons. The predicted octanol–water partition coefficient (Wildman–Crippen LogP) is 3.24. The van der Waals surface area contributed by atoms with E-state index in [-0.39, 0.29) is 11.8 Å². The maximum atomic E-state index is 12.5. The molecule has 28 heavy (non-hydrogen) atoms. The minimum Gasteiger partial charge on any atom is -0.322 e. The highest BCUT2D eigenvalue weighted by Crippen LogP contribution is 2.18. The van der Waals surface area contributed by atoms with Gasteiger partial charge in [-0.2, -0.15) is 5.10 Å². The van der Waals surface area contributed by atoms with Crippen molar-refractivity contribution in [2.24, 2.45) is 7.05 Å². The highest BCUT2D eigenvalue weighted by atomic mass is 32.1. The number of nitrogens with one attached hydrogen (secondary N) is 2. The van der Waals surface area contributed by atoms with Crippen LogP contribution in [0.2, 0.25) is 0 Å². The van der Waals surface area contributed by atoms with Crippen LogP contribution in [-0.4, -0.2) is 31.6 Å². The number of aromatic nitrogens is 4. The number of anilines is 2. The number of benzene rings is 1. The van der Waals surface area contributed by atoms with Crippen molar-refractivity contribution in [1.29, 1.82) is 0 Å². The van der Waals surface area contributed by atoms with Crippen molar-refractivity contribution in [2.75, 3.05) is 10.6 Å². The summed E-state index contributed by atoms with van der Waals surface area (Å²) in [5, 5.41) is 13.0. The van der Waals surface area contributed by atoms with Gasteiger partial charge in [-0.3, -0.25) is 19.6 Å². The Kier molecular flexibility index (Phi) is 4.58. The molecule has 0 bridgehead atoms. The van der Waals surface area contributed by atoms with Gasteiger partial charge in [-0.1, -0.05) is 0 Å². The van der Waals surface area contributed by atoms with E-state index >= 15 is 0 Å². The third-order valence-corrected chi connectivity index (χ3v) is 4.87. The molecule has 0 unspecified atom stereocenters. The average Bonchev–Trinajstić information content (AvgIpc) is 3.30. The lowest BCUT2D eigenvalue weighted by molar-refractivity contribution is 0.101. The fourth-order valence-corrected chi connectivity index (χ4v) is 3.32. The van der Waals surface area contributed by atoms with Crippen LogP contribution < -0.4 is 10.6 Å². The van der Waals surface area contributed by atoms with Crippen LogP contribution in [-0.2, 0) is 7.05 Å². The third kappa shape index (κ3) is 3.47. The molecule has 3 aromatic heterocycles. The highest BCUT2D eigenvalue weighted by Gasteiger charge is 2.13. The Morgan fingerprint density at radius 1 is 1.04 bits per heavy atom. The first kappa shape index (κ1) is 17.8. The molecule has 8 nitrogen and oxygen atoms in total. The maximum Gasteiger partial charge on any atom is 0.257 e. The summed E-state index contributed by atoms with van der Waals surface area (Å²) in [6.45, 7) is 1.88. The lowest BCUT2D eigenvalue weighted by Gasteiger charge is -2.07. The SMILES string of the molecule is Cc1nn(C)c2ncc(C(=O)Nc3ccc(C(=O)Nc4nccs4)cc3)cc12. The Hall–Kier alpha value is -3.59. The van der Waals surface area contributed by atoms with Gasteiger partial charge in [-0.05, 0) is 37.3 Å². The van der Waals surface area contributed by atoms with E-state index in [9.17, 15) is 9.59 Å². The number of carbonyl (C=O) groups excluding carboxylic acids is 2. The average molecular weight is 392 g/mol. The molecule has 0 atom stereocenters. The first-order valence-electron chi connectivity index (χ1n) is 8.43. The van der Waals surface area contributed by atoms with Crippen molar-refractivity contribution in [3.63, 3.8) is 0 Å². The summed E-state index contributed by atoms with van der Waals surface area (Å²) in [5.74, 6) is -0.535. The van der Waals surface area contributed by atoms with E-state index in [1.165, 1.54) is 17.5 Å². The van der Waals surface area contributed by atoms with Gasteiger partial charge in [0.25, 0.3) is 11.8 Å². The summed E-state index contributed by atoms with van der Waals surface area (Å²) in [6.07, 6.45) is 3.15. The molecule has 0 radical (unpaired) electrons. The van der Waals surface area contributed by atoms with Crippen molar-refractivity contribution >= 4 is 45.0 Å². The van der Waals surface area contributed by atoms with Crippen molar-refractivity contribution in [3.05, 3.63) is 64.9 Å². The molecule has 9 heteroatoms. The van der Waals surface area contributed by atoms with E-state index in [4.69, 9.17) is 0 Å². The van der Waals surface area contributed by atoms with Crippen LogP contribution in [0.15, 0.2) is 48.1 Å². The zero-order valence-corrected chi connectivity index (χ0v) is 15.9. The second-order valence-corrected chi connectivity index (χ2v) is 7.02. The number of carbonyl (C=O) groups is 2. The van der Waals surface area contributed by atoms with E-state index in [1.807, 2.05) is 14.0 Å². The molecule has 0 aliphatic heterocycles. The minimum atomic E-state index is -0.280. The molecule has 0 saturated heterocycles. The molecule has 2 amide bonds. The Morgan fingerprint density at radius 2 is 1.79 bits per heavy atom. The quantitative estimate of drug-likeness (QED) is 0.555. The Bertz CT molecular complexity index is 1170. The molecule has 3 heterocycles. The maximum absolute atomic E-state index is 12.5. The van der Waals surface area contributed by atoms with E-state index in [0.29, 0.717) is 21.9 Å². The largest absolute Gasteiger partial charge is 0.322 e. The monoisotopic (exact) mass is 392 g/mol. The first-order chi connectivity index (χ1) is 13.5. The van der Waals surface area contributed by atoms with Crippen LogP contribution in [0.4, 0.5) is 10.8 Å². The molecule has 2 N–H and O–H groups in total. The van der Waals surface area contributed by atoms with Crippen molar-refractivity contribution in [2.45, 2.75) is 6.92 Å². The predicted molar refractivity (Wildman–Crippen MR) is 108 cm³/mol. The molecule has 1 aromatic carbocycles. The Balaban J connectivity index is 1.47. The second-order valence-electron chi connectivity index (χ2n) is 6.13. The molecular formula is C19H16N6O2S. The van der Waals surface area contributed by atoms with Crippen LogP contribution in [0.5, 0.6) is 0 Å². The van der Waals surface area contributed by atoms with E-state index in [2.05, 4.69) is 25.7 Å². The molecule has 0 saturated carbocycles. The summed E-state index contributed by atoms with van der Waals surface area (Å²) in [7, 11) is 1.81. The lowest BCUT2D eigenvalue weighted by atomic mass is 10.1. The van der Waals surface area contributed by atoms with Gasteiger partial charge >= 0.3 is 0 Å². The van der Waals surface area contributed by atoms with Gasteiger partial charge in [0.15, 0.2) is 10.8 Å². The van der Waals surface area contributed by atoms with Gasteiger partial charge in [-0.25, -0.2) is 9.97 Å². The summed E-state index contributed by atoms with van der Waals surface area (Å²) in [4.78, 5) is 33.1. The molecule has 0 fully saturated rings. The van der Waals surface area contributed by atoms with Gasteiger partial charge < -0.3 is 5.32 Å². The van der Waals surface area contributed by atoms with Crippen LogP contribution in [0, 0.1) is 6.92 Å². The fourth-order valence-electron chi connectivity index (χ4n) is 2.79. The van der Waals surface area contributed by atoms with Crippen LogP contribution >= 0.6 is 11.3 Å². The van der Waals surface area contributed by atoms with Crippen LogP contribution in [0.25, 0.3) is 11.0 Å². The summed E-state index contributed by atoms with van der Waals surface area (Å²) < 4.78 is 1.68. The second kappa shape index (κ2) is 7.20. The number of fused-ring (bicyclic) bond motifs is 1. The number of thiazole rings is 1. The van der Waals surface area contributed by atoms with Crippen molar-refractivity contribution < 1.29 is 9.59 Å². The van der Waals surface area contributed by atoms with Gasteiger partial charge in [0.2, 0.25) is 0 Å². The molecule has 0 spiro atoms. The zero-order chi connectivity index (χ0) is 19.7. The number of hydrogen-bond acceptors (Lipinski definition) is 6. The number of rotatable bonds is 4. The molecule has 0 aliphatic carbocycles. The van der Waals surface area contributed by atoms with Crippen molar-refractivity contribution in [3.8, 4) is 0 Å². The normalized spacial score (nSPS) is 10.8. The highest BCUT2D eigenvalue weighted by molar-refractivity contribution is 7.13. The molecular weight excluding hydrogens is 376 g/mol. The minimum absolute atomic E-state index is 0.255. The van der Waals surface area contributed by atoms with Gasteiger partial charge in [0.1, 0.15) is 0 Å². The van der Waals surface area contributed by atoms with E-state index in [0.717, 1.165) is 16.7 Å². The van der Waals surface area contributed by atoms with Crippen LogP contribution in [0.3, 0.4) is 0 Å². The van der Waals surface area contributed by atoms with Crippen molar-refractivity contribution in [1.82, 2.24) is 19.7 Å². The smallest absolute Gasteiger partial charge is 0.257 e. The number of aryl methyl sites for hydroxylation is 2. The number of amides is 2. The number of hydrogen-bond donors (Lipinski definition) is 2. The van der Waals surface area contributed by atoms with E-state index < -0.39 is 0 Å². The molecule has 4 rings (SSSR count). The third-order valence-electron chi connectivity index (χ3n) is 4.18. The lowest BCUT2D eigenvalue weighted by Crippen LogP contribution is -2.14. The summed E-state index contributed by atoms with van der Waals surface area (Å²) in [6, 6.07) is 8.41. The van der Waals surface area contributed by atoms with Crippen LogP contribution in [0.1, 0.15) is 26.4 Å². The van der Waals surface area contributed by atoms with Gasteiger partial charge in [-0.15, -0.1) is 11.3 Å². The summed E-state index contributed by atoms with van der Waals surface area (Å²) >= 11 is 1.35. The Morgan fingerprint density at radius 3 is 2.50 bits per heavy atom. The van der Waals surface area contributed by atoms with Gasteiger partial charge in [0, 0.05) is 41.5 Å². The Labute approximate surface area is 164 Å². The zero-order valence-electron chi connectivity index (χ0n) is 15.1. The standard InChI is InChI=1S/C19H16N6O2S/c1-11-15-9-13(10-21-16(15)25(2)24-11)18(27)22-14-5-3-12(4-6-14)17(26)23-19-20-7-8-28-19/h3-10H,1-2H3,(H,22,27)(H,20,23,26). The topological polar surface area (TPSA) is 102 Å². The van der Waals surface area contributed by atoms with E-state index in [1.54, 1.807) is 46.6 Å². The molecule has 0 aliphatic rings. The molecule has 4 aromatic rings. The number of pyridine rings is 1.